The Hall–Kier alpha value is -2.41. The van der Waals surface area contributed by atoms with Gasteiger partial charge in [0.05, 0.1) is 22.9 Å². The average Bonchev–Trinajstić information content (AvgIpc) is 2.99. The Morgan fingerprint density at radius 3 is 2.52 bits per heavy atom. The van der Waals surface area contributed by atoms with E-state index in [1.54, 1.807) is 11.3 Å². The lowest BCUT2D eigenvalue weighted by Crippen LogP contribution is -2.22. The van der Waals surface area contributed by atoms with Gasteiger partial charge in [0.25, 0.3) is 0 Å². The van der Waals surface area contributed by atoms with Crippen molar-refractivity contribution in [3.8, 4) is 16.3 Å². The molecular weight excluding hydrogens is 334 g/mol. The molecular formula is C18H25N5OS. The van der Waals surface area contributed by atoms with Gasteiger partial charge in [0.2, 0.25) is 5.96 Å². The fourth-order valence-corrected chi connectivity index (χ4v) is 3.28. The van der Waals surface area contributed by atoms with Crippen LogP contribution < -0.4 is 16.2 Å². The molecule has 134 valence electrons. The summed E-state index contributed by atoms with van der Waals surface area (Å²) >= 11 is 1.57. The summed E-state index contributed by atoms with van der Waals surface area (Å²) < 4.78 is 5.75. The number of unbranched alkanes of at least 4 members (excludes halogenated alkanes) is 2. The molecule has 0 amide bonds. The van der Waals surface area contributed by atoms with Gasteiger partial charge in [-0.25, -0.2) is 4.98 Å². The second-order valence-electron chi connectivity index (χ2n) is 5.72. The minimum Gasteiger partial charge on any atom is -0.494 e. The first-order chi connectivity index (χ1) is 12.0. The molecule has 0 fully saturated rings. The second kappa shape index (κ2) is 9.17. The number of thiazole rings is 1. The van der Waals surface area contributed by atoms with Crippen LogP contribution in [0.3, 0.4) is 0 Å². The lowest BCUT2D eigenvalue weighted by Gasteiger charge is -2.06. The molecule has 0 saturated heterocycles. The maximum Gasteiger partial charge on any atom is 0.211 e. The third-order valence-electron chi connectivity index (χ3n) is 3.56. The van der Waals surface area contributed by atoms with Crippen molar-refractivity contribution in [1.29, 1.82) is 0 Å². The van der Waals surface area contributed by atoms with Gasteiger partial charge in [-0.05, 0) is 44.5 Å². The standard InChI is InChI=1S/C18H25N5OS/c1-4-5-6-11-24-15-9-7-14(8-10-15)17-21-12(2)16(25-17)13(3)22-23-18(19)20/h7-10H,4-6,11H2,1-3H3,(H4,19,20,23)/b22-13+. The van der Waals surface area contributed by atoms with Gasteiger partial charge in [-0.3, -0.25) is 0 Å². The first-order valence-electron chi connectivity index (χ1n) is 8.35. The summed E-state index contributed by atoms with van der Waals surface area (Å²) in [6.07, 6.45) is 3.47. The summed E-state index contributed by atoms with van der Waals surface area (Å²) in [5.41, 5.74) is 13.3. The van der Waals surface area contributed by atoms with Gasteiger partial charge in [0.1, 0.15) is 10.8 Å². The average molecular weight is 359 g/mol. The quantitative estimate of drug-likeness (QED) is 0.325. The molecule has 6 nitrogen and oxygen atoms in total. The number of rotatable bonds is 8. The smallest absolute Gasteiger partial charge is 0.211 e. The maximum atomic E-state index is 5.75. The molecule has 1 heterocycles. The zero-order chi connectivity index (χ0) is 18.2. The van der Waals surface area contributed by atoms with Gasteiger partial charge in [-0.15, -0.1) is 16.4 Å². The molecule has 0 saturated carbocycles. The second-order valence-corrected chi connectivity index (χ2v) is 6.72. The van der Waals surface area contributed by atoms with Gasteiger partial charge in [0, 0.05) is 5.56 Å². The normalized spacial score (nSPS) is 11.4. The van der Waals surface area contributed by atoms with Crippen molar-refractivity contribution in [2.24, 2.45) is 21.7 Å². The lowest BCUT2D eigenvalue weighted by atomic mass is 10.2. The fourth-order valence-electron chi connectivity index (χ4n) is 2.27. The summed E-state index contributed by atoms with van der Waals surface area (Å²) in [5.74, 6) is 0.829. The highest BCUT2D eigenvalue weighted by atomic mass is 32.1. The van der Waals surface area contributed by atoms with Crippen molar-refractivity contribution >= 4 is 23.0 Å². The van der Waals surface area contributed by atoms with E-state index in [0.717, 1.165) is 45.6 Å². The first-order valence-corrected chi connectivity index (χ1v) is 9.17. The number of hydrogen-bond acceptors (Lipinski definition) is 5. The minimum atomic E-state index is -0.0590. The Labute approximate surface area is 152 Å². The van der Waals surface area contributed by atoms with Crippen molar-refractivity contribution in [3.05, 3.63) is 34.8 Å². The van der Waals surface area contributed by atoms with Crippen LogP contribution in [0.2, 0.25) is 0 Å². The molecule has 25 heavy (non-hydrogen) atoms. The number of ether oxygens (including phenoxy) is 1. The highest BCUT2D eigenvalue weighted by molar-refractivity contribution is 7.17. The van der Waals surface area contributed by atoms with E-state index in [1.165, 1.54) is 12.8 Å². The van der Waals surface area contributed by atoms with E-state index in [2.05, 4.69) is 22.1 Å². The van der Waals surface area contributed by atoms with Crippen molar-refractivity contribution < 1.29 is 4.74 Å². The zero-order valence-corrected chi connectivity index (χ0v) is 15.8. The van der Waals surface area contributed by atoms with E-state index >= 15 is 0 Å². The molecule has 0 aliphatic heterocycles. The number of benzene rings is 1. The Kier molecular flexibility index (Phi) is 6.94. The summed E-state index contributed by atoms with van der Waals surface area (Å²) in [7, 11) is 0. The molecule has 2 aromatic rings. The van der Waals surface area contributed by atoms with Gasteiger partial charge in [-0.1, -0.05) is 19.8 Å². The summed E-state index contributed by atoms with van der Waals surface area (Å²) in [6, 6.07) is 8.02. The van der Waals surface area contributed by atoms with Gasteiger partial charge >= 0.3 is 0 Å². The van der Waals surface area contributed by atoms with Crippen molar-refractivity contribution in [2.45, 2.75) is 40.0 Å². The largest absolute Gasteiger partial charge is 0.494 e. The molecule has 4 N–H and O–H groups in total. The summed E-state index contributed by atoms with van der Waals surface area (Å²) in [4.78, 5) is 5.60. The van der Waals surface area contributed by atoms with E-state index in [9.17, 15) is 0 Å². The molecule has 2 rings (SSSR count). The lowest BCUT2D eigenvalue weighted by molar-refractivity contribution is 0.306. The summed E-state index contributed by atoms with van der Waals surface area (Å²) in [5, 5.41) is 8.66. The van der Waals surface area contributed by atoms with E-state index in [1.807, 2.05) is 38.1 Å². The molecule has 0 unspecified atom stereocenters. The topological polar surface area (TPSA) is 98.9 Å². The first kappa shape index (κ1) is 18.9. The number of aryl methyl sites for hydroxylation is 1. The van der Waals surface area contributed by atoms with Crippen LogP contribution in [0.5, 0.6) is 5.75 Å². The maximum absolute atomic E-state index is 5.75. The van der Waals surface area contributed by atoms with Gasteiger partial charge < -0.3 is 16.2 Å². The molecule has 7 heteroatoms. The van der Waals surface area contributed by atoms with Crippen molar-refractivity contribution in [1.82, 2.24) is 4.98 Å². The number of guanidine groups is 1. The molecule has 1 aromatic carbocycles. The third-order valence-corrected chi connectivity index (χ3v) is 4.87. The highest BCUT2D eigenvalue weighted by Crippen LogP contribution is 2.29. The third kappa shape index (κ3) is 5.56. The van der Waals surface area contributed by atoms with E-state index < -0.39 is 0 Å². The van der Waals surface area contributed by atoms with Crippen LogP contribution in [0.25, 0.3) is 10.6 Å². The van der Waals surface area contributed by atoms with Gasteiger partial charge in [-0.2, -0.15) is 5.10 Å². The van der Waals surface area contributed by atoms with E-state index in [0.29, 0.717) is 0 Å². The molecule has 0 aliphatic rings. The SMILES string of the molecule is CCCCCOc1ccc(-c2nc(C)c(/C(C)=N/N=C(N)N)s2)cc1. The monoisotopic (exact) mass is 359 g/mol. The van der Waals surface area contributed by atoms with Gasteiger partial charge in [0.15, 0.2) is 0 Å². The Morgan fingerprint density at radius 2 is 1.88 bits per heavy atom. The number of nitrogens with two attached hydrogens (primary N) is 2. The molecule has 0 bridgehead atoms. The van der Waals surface area contributed by atoms with Crippen LogP contribution in [0.4, 0.5) is 0 Å². The Bertz CT molecular complexity index is 745. The molecule has 0 aliphatic carbocycles. The van der Waals surface area contributed by atoms with Crippen molar-refractivity contribution in [2.75, 3.05) is 6.61 Å². The van der Waals surface area contributed by atoms with Crippen molar-refractivity contribution in [3.63, 3.8) is 0 Å². The fraction of sp³-hybridized carbons (Fsp3) is 0.389. The van der Waals surface area contributed by atoms with Crippen LogP contribution in [0.15, 0.2) is 34.5 Å². The van der Waals surface area contributed by atoms with Crippen LogP contribution in [0.1, 0.15) is 43.7 Å². The predicted octanol–water partition coefficient (Wildman–Crippen LogP) is 3.68. The van der Waals surface area contributed by atoms with Crippen LogP contribution >= 0.6 is 11.3 Å². The van der Waals surface area contributed by atoms with Crippen LogP contribution in [-0.2, 0) is 0 Å². The Balaban J connectivity index is 2.10. The number of hydrogen-bond donors (Lipinski definition) is 2. The predicted molar refractivity (Wildman–Crippen MR) is 105 cm³/mol. The number of nitrogens with zero attached hydrogens (tertiary/aromatic N) is 3. The van der Waals surface area contributed by atoms with Crippen LogP contribution in [0, 0.1) is 6.92 Å². The molecule has 0 radical (unpaired) electrons. The van der Waals surface area contributed by atoms with Crippen LogP contribution in [-0.4, -0.2) is 23.3 Å². The highest BCUT2D eigenvalue weighted by Gasteiger charge is 2.12. The Morgan fingerprint density at radius 1 is 1.16 bits per heavy atom. The minimum absolute atomic E-state index is 0.0590. The summed E-state index contributed by atoms with van der Waals surface area (Å²) in [6.45, 7) is 6.76. The molecule has 0 spiro atoms. The zero-order valence-electron chi connectivity index (χ0n) is 15.0. The molecule has 0 atom stereocenters. The number of aromatic nitrogens is 1. The van der Waals surface area contributed by atoms with E-state index in [4.69, 9.17) is 16.2 Å². The molecule has 1 aromatic heterocycles. The van der Waals surface area contributed by atoms with E-state index in [-0.39, 0.29) is 5.96 Å².